The number of hydrogen-bond donors (Lipinski definition) is 2. The summed E-state index contributed by atoms with van der Waals surface area (Å²) in [6.07, 6.45) is 0.710. The molecule has 1 heterocycles. The van der Waals surface area contributed by atoms with E-state index in [1.807, 2.05) is 13.8 Å². The molecule has 2 aromatic rings. The van der Waals surface area contributed by atoms with Gasteiger partial charge < -0.3 is 5.32 Å². The van der Waals surface area contributed by atoms with Crippen LogP contribution in [0.2, 0.25) is 0 Å². The lowest BCUT2D eigenvalue weighted by atomic mass is 10.1. The summed E-state index contributed by atoms with van der Waals surface area (Å²) in [5.74, 6) is 0.485. The molecule has 0 fully saturated rings. The van der Waals surface area contributed by atoms with E-state index in [4.69, 9.17) is 5.14 Å². The van der Waals surface area contributed by atoms with E-state index in [2.05, 4.69) is 20.5 Å². The highest BCUT2D eigenvalue weighted by atomic mass is 32.2. The maximum atomic E-state index is 11.1. The number of aromatic nitrogens is 3. The largest absolute Gasteiger partial charge is 0.353 e. The zero-order valence-electron chi connectivity index (χ0n) is 11.9. The van der Waals surface area contributed by atoms with Crippen molar-refractivity contribution in [2.45, 2.75) is 25.2 Å². The average molecular weight is 307 g/mol. The molecule has 0 radical (unpaired) electrons. The van der Waals surface area contributed by atoms with Gasteiger partial charge in [0.05, 0.1) is 16.3 Å². The van der Waals surface area contributed by atoms with Gasteiger partial charge in [0.2, 0.25) is 16.0 Å². The number of nitrogens with zero attached hydrogens (tertiary/aromatic N) is 3. The van der Waals surface area contributed by atoms with Crippen molar-refractivity contribution in [3.63, 3.8) is 0 Å². The highest BCUT2D eigenvalue weighted by Gasteiger charge is 2.06. The number of primary sulfonamides is 1. The summed E-state index contributed by atoms with van der Waals surface area (Å²) in [5, 5.41) is 16.1. The Bertz CT molecular complexity index is 729. The van der Waals surface area contributed by atoms with Crippen LogP contribution >= 0.6 is 0 Å². The third-order valence-corrected chi connectivity index (χ3v) is 3.97. The minimum atomic E-state index is -3.64. The molecule has 0 unspecified atom stereocenters. The summed E-state index contributed by atoms with van der Waals surface area (Å²) in [4.78, 5) is 4.38. The van der Waals surface area contributed by atoms with Crippen LogP contribution in [0.1, 0.15) is 17.0 Å². The standard InChI is InChI=1S/C13H17N5O2S/c1-9-10(2)17-18-13(16-9)15-8-7-11-3-5-12(6-4-11)21(14,19)20/h3-6H,7-8H2,1-2H3,(H2,14,19,20)(H,15,16,18). The van der Waals surface area contributed by atoms with E-state index in [1.54, 1.807) is 12.1 Å². The van der Waals surface area contributed by atoms with Crippen molar-refractivity contribution < 1.29 is 8.42 Å². The van der Waals surface area contributed by atoms with Gasteiger partial charge in [-0.2, -0.15) is 5.10 Å². The second-order valence-electron chi connectivity index (χ2n) is 4.67. The van der Waals surface area contributed by atoms with Crippen molar-refractivity contribution >= 4 is 16.0 Å². The Morgan fingerprint density at radius 3 is 2.33 bits per heavy atom. The first-order valence-corrected chi connectivity index (χ1v) is 7.94. The molecule has 0 atom stereocenters. The van der Waals surface area contributed by atoms with Crippen LogP contribution in [0.15, 0.2) is 29.2 Å². The first-order chi connectivity index (χ1) is 9.86. The van der Waals surface area contributed by atoms with Gasteiger partial charge in [0.25, 0.3) is 0 Å². The molecule has 3 N–H and O–H groups in total. The summed E-state index contributed by atoms with van der Waals surface area (Å²) in [6, 6.07) is 6.47. The molecule has 1 aromatic carbocycles. The summed E-state index contributed by atoms with van der Waals surface area (Å²) in [5.41, 5.74) is 2.64. The lowest BCUT2D eigenvalue weighted by Crippen LogP contribution is -2.12. The van der Waals surface area contributed by atoms with Gasteiger partial charge in [-0.1, -0.05) is 12.1 Å². The summed E-state index contributed by atoms with van der Waals surface area (Å²) >= 11 is 0. The Morgan fingerprint density at radius 2 is 1.76 bits per heavy atom. The van der Waals surface area contributed by atoms with Crippen molar-refractivity contribution in [2.75, 3.05) is 11.9 Å². The predicted molar refractivity (Wildman–Crippen MR) is 79.3 cm³/mol. The van der Waals surface area contributed by atoms with Gasteiger partial charge in [-0.05, 0) is 38.0 Å². The van der Waals surface area contributed by atoms with E-state index in [-0.39, 0.29) is 4.90 Å². The molecule has 0 saturated carbocycles. The maximum absolute atomic E-state index is 11.1. The molecule has 0 spiro atoms. The van der Waals surface area contributed by atoms with Crippen LogP contribution in [-0.2, 0) is 16.4 Å². The maximum Gasteiger partial charge on any atom is 0.242 e. The van der Waals surface area contributed by atoms with Gasteiger partial charge in [-0.15, -0.1) is 5.10 Å². The molecule has 21 heavy (non-hydrogen) atoms. The van der Waals surface area contributed by atoms with E-state index in [0.29, 0.717) is 18.9 Å². The van der Waals surface area contributed by atoms with Crippen molar-refractivity contribution in [3.05, 3.63) is 41.2 Å². The zero-order valence-corrected chi connectivity index (χ0v) is 12.7. The molecular formula is C13H17N5O2S. The van der Waals surface area contributed by atoms with Crippen LogP contribution in [-0.4, -0.2) is 30.1 Å². The number of benzene rings is 1. The second-order valence-corrected chi connectivity index (χ2v) is 6.23. The molecule has 0 aliphatic carbocycles. The Morgan fingerprint density at radius 1 is 1.10 bits per heavy atom. The molecule has 8 heteroatoms. The lowest BCUT2D eigenvalue weighted by Gasteiger charge is -2.06. The molecule has 0 saturated heterocycles. The fourth-order valence-electron chi connectivity index (χ4n) is 1.70. The van der Waals surface area contributed by atoms with Crippen LogP contribution < -0.4 is 10.5 Å². The minimum absolute atomic E-state index is 0.112. The predicted octanol–water partition coefficient (Wildman–Crippen LogP) is 0.790. The van der Waals surface area contributed by atoms with Crippen molar-refractivity contribution in [1.82, 2.24) is 15.2 Å². The fourth-order valence-corrected chi connectivity index (χ4v) is 2.21. The van der Waals surface area contributed by atoms with E-state index >= 15 is 0 Å². The number of sulfonamides is 1. The molecule has 2 rings (SSSR count). The minimum Gasteiger partial charge on any atom is -0.353 e. The van der Waals surface area contributed by atoms with Gasteiger partial charge in [-0.25, -0.2) is 18.5 Å². The molecular weight excluding hydrogens is 290 g/mol. The Hall–Kier alpha value is -2.06. The van der Waals surface area contributed by atoms with Crippen LogP contribution in [0.5, 0.6) is 0 Å². The highest BCUT2D eigenvalue weighted by Crippen LogP contribution is 2.09. The molecule has 0 aliphatic heterocycles. The number of nitrogens with one attached hydrogen (secondary N) is 1. The molecule has 0 aliphatic rings. The van der Waals surface area contributed by atoms with E-state index in [9.17, 15) is 8.42 Å². The van der Waals surface area contributed by atoms with E-state index < -0.39 is 10.0 Å². The normalized spacial score (nSPS) is 11.4. The third-order valence-electron chi connectivity index (χ3n) is 3.04. The summed E-state index contributed by atoms with van der Waals surface area (Å²) in [7, 11) is -3.64. The molecule has 112 valence electrons. The SMILES string of the molecule is Cc1nnc(NCCc2ccc(S(N)(=O)=O)cc2)nc1C. The van der Waals surface area contributed by atoms with Crippen molar-refractivity contribution in [3.8, 4) is 0 Å². The Kier molecular flexibility index (Phi) is 4.49. The summed E-state index contributed by atoms with van der Waals surface area (Å²) in [6.45, 7) is 4.35. The molecule has 7 nitrogen and oxygen atoms in total. The van der Waals surface area contributed by atoms with Gasteiger partial charge in [-0.3, -0.25) is 0 Å². The fraction of sp³-hybridized carbons (Fsp3) is 0.308. The number of aryl methyl sites for hydroxylation is 2. The summed E-state index contributed by atoms with van der Waals surface area (Å²) < 4.78 is 22.3. The van der Waals surface area contributed by atoms with E-state index in [0.717, 1.165) is 17.0 Å². The van der Waals surface area contributed by atoms with Gasteiger partial charge in [0.15, 0.2) is 0 Å². The Balaban J connectivity index is 1.93. The first kappa shape index (κ1) is 15.3. The van der Waals surface area contributed by atoms with Crippen LogP contribution in [0, 0.1) is 13.8 Å². The molecule has 0 bridgehead atoms. The number of nitrogens with two attached hydrogens (primary N) is 1. The van der Waals surface area contributed by atoms with E-state index in [1.165, 1.54) is 12.1 Å². The lowest BCUT2D eigenvalue weighted by molar-refractivity contribution is 0.598. The van der Waals surface area contributed by atoms with Gasteiger partial charge in [0, 0.05) is 6.54 Å². The second kappa shape index (κ2) is 6.15. The first-order valence-electron chi connectivity index (χ1n) is 6.40. The van der Waals surface area contributed by atoms with Gasteiger partial charge in [0.1, 0.15) is 0 Å². The Labute approximate surface area is 123 Å². The van der Waals surface area contributed by atoms with Gasteiger partial charge >= 0.3 is 0 Å². The highest BCUT2D eigenvalue weighted by molar-refractivity contribution is 7.89. The number of rotatable bonds is 5. The quantitative estimate of drug-likeness (QED) is 0.845. The molecule has 0 amide bonds. The zero-order chi connectivity index (χ0) is 15.5. The average Bonchev–Trinajstić information content (AvgIpc) is 2.42. The van der Waals surface area contributed by atoms with Crippen LogP contribution in [0.3, 0.4) is 0 Å². The molecule has 1 aromatic heterocycles. The van der Waals surface area contributed by atoms with Crippen LogP contribution in [0.4, 0.5) is 5.95 Å². The number of hydrogen-bond acceptors (Lipinski definition) is 6. The smallest absolute Gasteiger partial charge is 0.242 e. The van der Waals surface area contributed by atoms with Crippen LogP contribution in [0.25, 0.3) is 0 Å². The topological polar surface area (TPSA) is 111 Å². The van der Waals surface area contributed by atoms with Crippen molar-refractivity contribution in [1.29, 1.82) is 0 Å². The van der Waals surface area contributed by atoms with Crippen molar-refractivity contribution in [2.24, 2.45) is 5.14 Å². The third kappa shape index (κ3) is 4.20. The monoisotopic (exact) mass is 307 g/mol. The number of anilines is 1.